The fourth-order valence-electron chi connectivity index (χ4n) is 3.04. The average molecular weight is 423 g/mol. The zero-order chi connectivity index (χ0) is 20.6. The Hall–Kier alpha value is -2.49. The normalized spacial score (nSPS) is 12.0. The average Bonchev–Trinajstić information content (AvgIpc) is 3.00. The number of benzene rings is 2. The van der Waals surface area contributed by atoms with Gasteiger partial charge >= 0.3 is 0 Å². The number of hydrogen-bond donors (Lipinski definition) is 0. The van der Waals surface area contributed by atoms with E-state index in [1.54, 1.807) is 0 Å². The highest BCUT2D eigenvalue weighted by Crippen LogP contribution is 2.31. The van der Waals surface area contributed by atoms with E-state index in [1.807, 2.05) is 35.8 Å². The Morgan fingerprint density at radius 3 is 2.61 bits per heavy atom. The lowest BCUT2D eigenvalue weighted by Crippen LogP contribution is -2.28. The summed E-state index contributed by atoms with van der Waals surface area (Å²) in [5.41, 5.74) is 1.58. The molecule has 8 nitrogen and oxygen atoms in total. The molecule has 0 aliphatic carbocycles. The van der Waals surface area contributed by atoms with E-state index in [9.17, 15) is 18.5 Å². The highest BCUT2D eigenvalue weighted by Gasteiger charge is 2.27. The topological polar surface area (TPSA) is 98.3 Å². The first-order valence-corrected chi connectivity index (χ1v) is 10.3. The molecule has 1 heterocycles. The molecule has 0 saturated heterocycles. The molecule has 0 radical (unpaired) electrons. The van der Waals surface area contributed by atoms with Gasteiger partial charge in [0.05, 0.1) is 32.4 Å². The van der Waals surface area contributed by atoms with Crippen LogP contribution in [0.25, 0.3) is 11.0 Å². The molecule has 0 atom stereocenters. The number of nitrogens with zero attached hydrogens (tertiary/aromatic N) is 4. The van der Waals surface area contributed by atoms with Crippen molar-refractivity contribution in [3.8, 4) is 0 Å². The lowest BCUT2D eigenvalue weighted by atomic mass is 10.2. The molecule has 0 amide bonds. The zero-order valence-electron chi connectivity index (χ0n) is 15.6. The maximum absolute atomic E-state index is 13.0. The Labute approximate surface area is 167 Å². The van der Waals surface area contributed by atoms with Crippen molar-refractivity contribution in [3.63, 3.8) is 0 Å². The molecule has 0 saturated carbocycles. The van der Waals surface area contributed by atoms with Crippen LogP contribution in [-0.4, -0.2) is 34.2 Å². The van der Waals surface area contributed by atoms with Gasteiger partial charge in [0.2, 0.25) is 10.0 Å². The summed E-state index contributed by atoms with van der Waals surface area (Å²) < 4.78 is 29.0. The molecule has 0 aliphatic heterocycles. The summed E-state index contributed by atoms with van der Waals surface area (Å²) in [7, 11) is -2.59. The second kappa shape index (κ2) is 7.50. The van der Waals surface area contributed by atoms with Gasteiger partial charge in [-0.05, 0) is 32.0 Å². The van der Waals surface area contributed by atoms with Crippen molar-refractivity contribution < 1.29 is 13.3 Å². The number of rotatable bonds is 6. The van der Waals surface area contributed by atoms with Crippen LogP contribution in [-0.2, 0) is 23.1 Å². The first kappa shape index (κ1) is 20.2. The van der Waals surface area contributed by atoms with E-state index < -0.39 is 14.9 Å². The van der Waals surface area contributed by atoms with Crippen molar-refractivity contribution in [1.82, 2.24) is 13.9 Å². The fourth-order valence-corrected chi connectivity index (χ4v) is 4.49. The second-order valence-corrected chi connectivity index (χ2v) is 8.78. The fraction of sp³-hybridized carbons (Fsp3) is 0.278. The predicted octanol–water partition coefficient (Wildman–Crippen LogP) is 3.75. The van der Waals surface area contributed by atoms with Gasteiger partial charge in [-0.3, -0.25) is 10.1 Å². The number of imidazole rings is 1. The van der Waals surface area contributed by atoms with Gasteiger partial charge in [-0.2, -0.15) is 4.31 Å². The number of para-hydroxylation sites is 2. The summed E-state index contributed by atoms with van der Waals surface area (Å²) in [6, 6.07) is 9.82. The highest BCUT2D eigenvalue weighted by atomic mass is 35.5. The van der Waals surface area contributed by atoms with Crippen LogP contribution >= 0.6 is 11.6 Å². The van der Waals surface area contributed by atoms with E-state index in [0.717, 1.165) is 21.4 Å². The molecule has 148 valence electrons. The Bertz CT molecular complexity index is 1170. The van der Waals surface area contributed by atoms with Crippen LogP contribution in [0.3, 0.4) is 0 Å². The van der Waals surface area contributed by atoms with E-state index in [0.29, 0.717) is 12.4 Å². The summed E-state index contributed by atoms with van der Waals surface area (Å²) in [6.45, 7) is 4.08. The molecule has 0 bridgehead atoms. The lowest BCUT2D eigenvalue weighted by molar-refractivity contribution is -0.385. The van der Waals surface area contributed by atoms with Gasteiger partial charge in [0.25, 0.3) is 5.69 Å². The van der Waals surface area contributed by atoms with E-state index in [2.05, 4.69) is 4.98 Å². The molecule has 28 heavy (non-hydrogen) atoms. The van der Waals surface area contributed by atoms with Gasteiger partial charge < -0.3 is 4.57 Å². The molecule has 0 N–H and O–H groups in total. The summed E-state index contributed by atoms with van der Waals surface area (Å²) in [6.07, 6.45) is 0. The number of sulfonamides is 1. The quantitative estimate of drug-likeness (QED) is 0.445. The van der Waals surface area contributed by atoms with Crippen LogP contribution < -0.4 is 0 Å². The molecular formula is C18H19ClN4O4S. The second-order valence-electron chi connectivity index (χ2n) is 6.33. The van der Waals surface area contributed by atoms with Crippen molar-refractivity contribution >= 4 is 38.3 Å². The largest absolute Gasteiger partial charge is 0.327 e. The molecule has 10 heteroatoms. The number of hydrogen-bond acceptors (Lipinski definition) is 5. The first-order chi connectivity index (χ1) is 13.2. The molecule has 2 aromatic carbocycles. The minimum absolute atomic E-state index is 0.0180. The van der Waals surface area contributed by atoms with Crippen molar-refractivity contribution in [2.24, 2.45) is 0 Å². The number of aryl methyl sites for hydroxylation is 1. The third kappa shape index (κ3) is 3.48. The van der Waals surface area contributed by atoms with Gasteiger partial charge in [0.15, 0.2) is 0 Å². The number of aromatic nitrogens is 2. The minimum atomic E-state index is -4.00. The molecule has 0 unspecified atom stereocenters. The first-order valence-electron chi connectivity index (χ1n) is 8.51. The van der Waals surface area contributed by atoms with Gasteiger partial charge in [-0.25, -0.2) is 13.4 Å². The van der Waals surface area contributed by atoms with Crippen molar-refractivity contribution in [3.05, 3.63) is 62.9 Å². The third-order valence-electron chi connectivity index (χ3n) is 4.61. The van der Waals surface area contributed by atoms with Crippen LogP contribution in [0.1, 0.15) is 18.3 Å². The van der Waals surface area contributed by atoms with E-state index in [1.165, 1.54) is 20.0 Å². The van der Waals surface area contributed by atoms with Crippen LogP contribution in [0.5, 0.6) is 0 Å². The molecule has 0 spiro atoms. The summed E-state index contributed by atoms with van der Waals surface area (Å²) >= 11 is 6.03. The maximum Gasteiger partial charge on any atom is 0.275 e. The van der Waals surface area contributed by atoms with Crippen molar-refractivity contribution in [1.29, 1.82) is 0 Å². The number of halogens is 1. The maximum atomic E-state index is 13.0. The third-order valence-corrected chi connectivity index (χ3v) is 6.78. The van der Waals surface area contributed by atoms with Crippen molar-refractivity contribution in [2.45, 2.75) is 31.8 Å². The molecule has 1 aromatic heterocycles. The zero-order valence-corrected chi connectivity index (χ0v) is 17.2. The number of fused-ring (bicyclic) bond motifs is 1. The van der Waals surface area contributed by atoms with Gasteiger partial charge in [-0.15, -0.1) is 0 Å². The van der Waals surface area contributed by atoms with Crippen LogP contribution in [0, 0.1) is 17.0 Å². The lowest BCUT2D eigenvalue weighted by Gasteiger charge is -2.18. The van der Waals surface area contributed by atoms with Crippen LogP contribution in [0.4, 0.5) is 5.69 Å². The Kier molecular flexibility index (Phi) is 5.42. The molecular weight excluding hydrogens is 404 g/mol. The molecule has 0 fully saturated rings. The number of nitro benzene ring substituents is 1. The van der Waals surface area contributed by atoms with Crippen LogP contribution in [0.15, 0.2) is 41.3 Å². The van der Waals surface area contributed by atoms with E-state index in [-0.39, 0.29) is 27.7 Å². The summed E-state index contributed by atoms with van der Waals surface area (Å²) in [5, 5.41) is 11.3. The van der Waals surface area contributed by atoms with Gasteiger partial charge in [-0.1, -0.05) is 23.7 Å². The van der Waals surface area contributed by atoms with Crippen LogP contribution in [0.2, 0.25) is 5.02 Å². The molecule has 0 aliphatic rings. The van der Waals surface area contributed by atoms with E-state index in [4.69, 9.17) is 11.6 Å². The summed E-state index contributed by atoms with van der Waals surface area (Å²) in [4.78, 5) is 14.9. The predicted molar refractivity (Wildman–Crippen MR) is 107 cm³/mol. The van der Waals surface area contributed by atoms with Crippen molar-refractivity contribution in [2.75, 3.05) is 7.05 Å². The van der Waals surface area contributed by atoms with Gasteiger partial charge in [0, 0.05) is 25.2 Å². The standard InChI is InChI=1S/C18H19ClN4O4S/c1-4-22-16-8-6-5-7-15(16)20-18(22)11-21(3)28(26,27)13-9-14(19)12(2)17(10-13)23(24)25/h5-10H,4,11H2,1-3H3. The minimum Gasteiger partial charge on any atom is -0.327 e. The number of nitro groups is 1. The van der Waals surface area contributed by atoms with Gasteiger partial charge in [0.1, 0.15) is 5.82 Å². The Balaban J connectivity index is 2.01. The monoisotopic (exact) mass is 422 g/mol. The summed E-state index contributed by atoms with van der Waals surface area (Å²) in [5.74, 6) is 0.586. The highest BCUT2D eigenvalue weighted by molar-refractivity contribution is 7.89. The Morgan fingerprint density at radius 2 is 1.96 bits per heavy atom. The molecule has 3 aromatic rings. The SMILES string of the molecule is CCn1c(CN(C)S(=O)(=O)c2cc(Cl)c(C)c([N+](=O)[O-])c2)nc2ccccc21. The smallest absolute Gasteiger partial charge is 0.275 e. The Morgan fingerprint density at radius 1 is 1.29 bits per heavy atom. The van der Waals surface area contributed by atoms with E-state index >= 15 is 0 Å². The molecule has 3 rings (SSSR count).